The van der Waals surface area contributed by atoms with Crippen molar-refractivity contribution in [1.82, 2.24) is 40.0 Å². The highest BCUT2D eigenvalue weighted by molar-refractivity contribution is 5.96. The van der Waals surface area contributed by atoms with Crippen molar-refractivity contribution in [3.8, 4) is 33.9 Å². The monoisotopic (exact) mass is 478 g/mol. The maximum Gasteiger partial charge on any atom is 0.159 e. The Morgan fingerprint density at radius 2 is 1.78 bits per heavy atom. The Bertz CT molecular complexity index is 1710. The van der Waals surface area contributed by atoms with Gasteiger partial charge in [-0.1, -0.05) is 0 Å². The van der Waals surface area contributed by atoms with Crippen LogP contribution < -0.4 is 0 Å². The van der Waals surface area contributed by atoms with E-state index in [0.717, 1.165) is 39.7 Å². The van der Waals surface area contributed by atoms with E-state index in [4.69, 9.17) is 4.98 Å². The second kappa shape index (κ2) is 8.62. The lowest BCUT2D eigenvalue weighted by molar-refractivity contribution is 0.402. The summed E-state index contributed by atoms with van der Waals surface area (Å²) >= 11 is 0. The summed E-state index contributed by atoms with van der Waals surface area (Å²) < 4.78 is 14.1. The molecule has 6 rings (SSSR count). The van der Waals surface area contributed by atoms with Crippen LogP contribution in [0.5, 0.6) is 0 Å². The predicted octanol–water partition coefficient (Wildman–Crippen LogP) is 5.13. The number of benzene rings is 1. The molecular formula is C27H23FN8. The molecule has 1 aromatic carbocycles. The fourth-order valence-electron chi connectivity index (χ4n) is 4.47. The number of pyridine rings is 3. The van der Waals surface area contributed by atoms with E-state index in [1.165, 1.54) is 12.1 Å². The Kier molecular flexibility index (Phi) is 5.26. The SMILES string of the molecule is Cc1cc(F)cc(-c2nccc3[nH]c(-c4n[nH]c5ncc(-c6cncc(CN(C)C)c6)cc45)nc23)c1. The predicted molar refractivity (Wildman–Crippen MR) is 138 cm³/mol. The van der Waals surface area contributed by atoms with Gasteiger partial charge in [-0.2, -0.15) is 5.10 Å². The van der Waals surface area contributed by atoms with E-state index in [-0.39, 0.29) is 5.82 Å². The molecule has 0 unspecified atom stereocenters. The lowest BCUT2D eigenvalue weighted by Gasteiger charge is -2.10. The number of nitrogens with zero attached hydrogens (tertiary/aromatic N) is 6. The van der Waals surface area contributed by atoms with Crippen molar-refractivity contribution >= 4 is 22.1 Å². The summed E-state index contributed by atoms with van der Waals surface area (Å²) in [4.78, 5) is 23.8. The number of hydrogen-bond acceptors (Lipinski definition) is 6. The normalized spacial score (nSPS) is 11.7. The number of imidazole rings is 1. The third kappa shape index (κ3) is 3.99. The van der Waals surface area contributed by atoms with Crippen molar-refractivity contribution in [2.45, 2.75) is 13.5 Å². The molecule has 36 heavy (non-hydrogen) atoms. The highest BCUT2D eigenvalue weighted by Crippen LogP contribution is 2.32. The third-order valence-corrected chi connectivity index (χ3v) is 5.98. The van der Waals surface area contributed by atoms with E-state index in [2.05, 4.69) is 41.1 Å². The molecule has 2 N–H and O–H groups in total. The van der Waals surface area contributed by atoms with E-state index in [9.17, 15) is 4.39 Å². The summed E-state index contributed by atoms with van der Waals surface area (Å²) in [6.07, 6.45) is 7.21. The molecule has 0 bridgehead atoms. The van der Waals surface area contributed by atoms with Crippen molar-refractivity contribution in [2.24, 2.45) is 0 Å². The summed E-state index contributed by atoms with van der Waals surface area (Å²) in [5.74, 6) is 0.276. The molecule has 0 atom stereocenters. The Morgan fingerprint density at radius 1 is 0.917 bits per heavy atom. The quantitative estimate of drug-likeness (QED) is 0.356. The van der Waals surface area contributed by atoms with E-state index in [1.807, 2.05) is 57.8 Å². The number of rotatable bonds is 5. The smallest absolute Gasteiger partial charge is 0.159 e. The summed E-state index contributed by atoms with van der Waals surface area (Å²) in [5, 5.41) is 8.33. The van der Waals surface area contributed by atoms with Gasteiger partial charge < -0.3 is 9.88 Å². The Labute approximate surface area is 206 Å². The highest BCUT2D eigenvalue weighted by atomic mass is 19.1. The fourth-order valence-corrected chi connectivity index (χ4v) is 4.47. The van der Waals surface area contributed by atoms with Crippen molar-refractivity contribution < 1.29 is 4.39 Å². The largest absolute Gasteiger partial charge is 0.336 e. The second-order valence-corrected chi connectivity index (χ2v) is 9.17. The number of halogens is 1. The molecule has 6 aromatic rings. The van der Waals surface area contributed by atoms with E-state index in [1.54, 1.807) is 6.20 Å². The van der Waals surface area contributed by atoms with Gasteiger partial charge in [0, 0.05) is 48.0 Å². The standard InChI is InChI=1S/C27H23FN8/c1-15-6-17(9-20(28)7-15)23-25-22(4-5-30-23)32-27(33-25)24-21-10-19(13-31-26(21)35-34-24)18-8-16(11-29-12-18)14-36(2)3/h4-13H,14H2,1-3H3,(H,32,33)(H,31,34,35). The molecule has 0 aliphatic heterocycles. The molecule has 0 aliphatic carbocycles. The Morgan fingerprint density at radius 3 is 2.61 bits per heavy atom. The first-order chi connectivity index (χ1) is 17.4. The van der Waals surface area contributed by atoms with E-state index in [0.29, 0.717) is 33.9 Å². The maximum absolute atomic E-state index is 14.1. The van der Waals surface area contributed by atoms with Gasteiger partial charge in [-0.05, 0) is 68.5 Å². The van der Waals surface area contributed by atoms with Gasteiger partial charge in [-0.15, -0.1) is 0 Å². The van der Waals surface area contributed by atoms with Gasteiger partial charge in [0.2, 0.25) is 0 Å². The zero-order chi connectivity index (χ0) is 24.8. The average Bonchev–Trinajstić information content (AvgIpc) is 3.46. The number of aryl methyl sites for hydroxylation is 1. The van der Waals surface area contributed by atoms with Crippen LogP contribution in [-0.2, 0) is 6.54 Å². The molecule has 0 fully saturated rings. The third-order valence-electron chi connectivity index (χ3n) is 5.98. The number of aromatic amines is 2. The van der Waals surface area contributed by atoms with Gasteiger partial charge in [0.1, 0.15) is 17.0 Å². The zero-order valence-electron chi connectivity index (χ0n) is 20.0. The molecule has 0 saturated carbocycles. The minimum Gasteiger partial charge on any atom is -0.336 e. The number of fused-ring (bicyclic) bond motifs is 2. The van der Waals surface area contributed by atoms with Crippen molar-refractivity contribution in [3.05, 3.63) is 78.1 Å². The summed E-state index contributed by atoms with van der Waals surface area (Å²) in [6, 6.07) is 10.9. The summed E-state index contributed by atoms with van der Waals surface area (Å²) in [6.45, 7) is 2.66. The Balaban J connectivity index is 1.45. The topological polar surface area (TPSA) is 99.3 Å². The van der Waals surface area contributed by atoms with Gasteiger partial charge in [0.25, 0.3) is 0 Å². The molecule has 0 aliphatic rings. The van der Waals surface area contributed by atoms with Crippen LogP contribution in [0.25, 0.3) is 56.0 Å². The van der Waals surface area contributed by atoms with Crippen LogP contribution >= 0.6 is 0 Å². The number of H-pyrrole nitrogens is 2. The molecule has 0 saturated heterocycles. The van der Waals surface area contributed by atoms with Crippen LogP contribution in [0.4, 0.5) is 4.39 Å². The van der Waals surface area contributed by atoms with Crippen LogP contribution in [0.2, 0.25) is 0 Å². The molecule has 0 radical (unpaired) electrons. The molecule has 9 heteroatoms. The number of nitrogens with one attached hydrogen (secondary N) is 2. The van der Waals surface area contributed by atoms with Crippen LogP contribution in [0, 0.1) is 12.7 Å². The van der Waals surface area contributed by atoms with Gasteiger partial charge >= 0.3 is 0 Å². The molecule has 0 spiro atoms. The number of hydrogen-bond donors (Lipinski definition) is 2. The first kappa shape index (κ1) is 22.0. The van der Waals surface area contributed by atoms with Crippen molar-refractivity contribution in [3.63, 3.8) is 0 Å². The first-order valence-corrected chi connectivity index (χ1v) is 11.5. The minimum absolute atomic E-state index is 0.305. The van der Waals surface area contributed by atoms with Gasteiger partial charge in [-0.25, -0.2) is 14.4 Å². The average molecular weight is 479 g/mol. The molecule has 5 heterocycles. The number of aromatic nitrogens is 7. The Hall–Kier alpha value is -4.50. The molecule has 5 aromatic heterocycles. The maximum atomic E-state index is 14.1. The van der Waals surface area contributed by atoms with E-state index < -0.39 is 0 Å². The molecular weight excluding hydrogens is 455 g/mol. The minimum atomic E-state index is -0.305. The van der Waals surface area contributed by atoms with Crippen LogP contribution in [0.1, 0.15) is 11.1 Å². The molecule has 8 nitrogen and oxygen atoms in total. The fraction of sp³-hybridized carbons (Fsp3) is 0.148. The van der Waals surface area contributed by atoms with Crippen LogP contribution in [0.3, 0.4) is 0 Å². The summed E-state index contributed by atoms with van der Waals surface area (Å²) in [5.41, 5.74) is 7.89. The van der Waals surface area contributed by atoms with Crippen LogP contribution in [-0.4, -0.2) is 54.1 Å². The van der Waals surface area contributed by atoms with Gasteiger partial charge in [0.15, 0.2) is 11.5 Å². The van der Waals surface area contributed by atoms with Gasteiger partial charge in [0.05, 0.1) is 16.6 Å². The lowest BCUT2D eigenvalue weighted by atomic mass is 10.1. The first-order valence-electron chi connectivity index (χ1n) is 11.5. The highest BCUT2D eigenvalue weighted by Gasteiger charge is 2.17. The van der Waals surface area contributed by atoms with Crippen molar-refractivity contribution in [1.29, 1.82) is 0 Å². The second-order valence-electron chi connectivity index (χ2n) is 9.17. The van der Waals surface area contributed by atoms with E-state index >= 15 is 0 Å². The summed E-state index contributed by atoms with van der Waals surface area (Å²) in [7, 11) is 4.06. The van der Waals surface area contributed by atoms with Gasteiger partial charge in [-0.3, -0.25) is 15.1 Å². The lowest BCUT2D eigenvalue weighted by Crippen LogP contribution is -2.10. The molecule has 0 amide bonds. The van der Waals surface area contributed by atoms with Crippen LogP contribution in [0.15, 0.2) is 61.2 Å². The van der Waals surface area contributed by atoms with Crippen molar-refractivity contribution in [2.75, 3.05) is 14.1 Å². The zero-order valence-corrected chi connectivity index (χ0v) is 20.0. The molecule has 178 valence electrons.